The molecule has 0 spiro atoms. The standard InChI is InChI=1S/C24H17NO2/c1-3-7-21-17(5-1)19-13-15(9-11-23(19)26-21)25-16-10-12-24-20(14-16)18-6-2-4-8-22(18)27-24/h1-3,5-7,9-14,25H,4,8H2. The van der Waals surface area contributed by atoms with Gasteiger partial charge in [0.05, 0.1) is 0 Å². The minimum atomic E-state index is 0.909. The molecule has 0 atom stereocenters. The number of allylic oxidation sites excluding steroid dienone is 1. The quantitative estimate of drug-likeness (QED) is 0.371. The molecule has 6 rings (SSSR count). The van der Waals surface area contributed by atoms with E-state index in [-0.39, 0.29) is 0 Å². The van der Waals surface area contributed by atoms with Gasteiger partial charge < -0.3 is 14.2 Å². The Balaban J connectivity index is 1.43. The van der Waals surface area contributed by atoms with Gasteiger partial charge in [-0.25, -0.2) is 0 Å². The third-order valence-corrected chi connectivity index (χ3v) is 5.29. The molecular formula is C24H17NO2. The second-order valence-electron chi connectivity index (χ2n) is 7.03. The summed E-state index contributed by atoms with van der Waals surface area (Å²) in [6, 6.07) is 20.7. The second kappa shape index (κ2) is 5.52. The highest BCUT2D eigenvalue weighted by Gasteiger charge is 2.15. The van der Waals surface area contributed by atoms with Crippen LogP contribution in [0.4, 0.5) is 11.4 Å². The van der Waals surface area contributed by atoms with Crippen molar-refractivity contribution in [2.75, 3.05) is 5.32 Å². The van der Waals surface area contributed by atoms with Crippen molar-refractivity contribution in [3.63, 3.8) is 0 Å². The molecule has 0 saturated carbocycles. The van der Waals surface area contributed by atoms with Crippen LogP contribution < -0.4 is 5.32 Å². The summed E-state index contributed by atoms with van der Waals surface area (Å²) in [5.41, 5.74) is 6.09. The third kappa shape index (κ3) is 2.28. The second-order valence-corrected chi connectivity index (χ2v) is 7.03. The molecule has 0 aliphatic heterocycles. The van der Waals surface area contributed by atoms with Crippen molar-refractivity contribution in [1.29, 1.82) is 0 Å². The van der Waals surface area contributed by atoms with E-state index in [0.29, 0.717) is 0 Å². The molecule has 1 N–H and O–H groups in total. The Kier molecular flexibility index (Phi) is 3.00. The lowest BCUT2D eigenvalue weighted by Gasteiger charge is -2.07. The van der Waals surface area contributed by atoms with Crippen LogP contribution in [-0.4, -0.2) is 0 Å². The van der Waals surface area contributed by atoms with Gasteiger partial charge in [-0.05, 0) is 48.9 Å². The first-order valence-corrected chi connectivity index (χ1v) is 9.25. The van der Waals surface area contributed by atoms with E-state index in [0.717, 1.165) is 57.5 Å². The number of rotatable bonds is 2. The average molecular weight is 351 g/mol. The molecule has 0 radical (unpaired) electrons. The predicted octanol–water partition coefficient (Wildman–Crippen LogP) is 7.04. The van der Waals surface area contributed by atoms with E-state index < -0.39 is 0 Å². The Morgan fingerprint density at radius 2 is 1.44 bits per heavy atom. The predicted molar refractivity (Wildman–Crippen MR) is 111 cm³/mol. The Morgan fingerprint density at radius 3 is 2.33 bits per heavy atom. The monoisotopic (exact) mass is 351 g/mol. The highest BCUT2D eigenvalue weighted by Crippen LogP contribution is 2.35. The van der Waals surface area contributed by atoms with Crippen LogP contribution in [0.1, 0.15) is 17.7 Å². The lowest BCUT2D eigenvalue weighted by Crippen LogP contribution is -1.90. The van der Waals surface area contributed by atoms with Crippen molar-refractivity contribution in [3.05, 3.63) is 78.1 Å². The molecule has 0 fully saturated rings. The third-order valence-electron chi connectivity index (χ3n) is 5.29. The van der Waals surface area contributed by atoms with E-state index in [2.05, 4.69) is 53.9 Å². The van der Waals surface area contributed by atoms with Gasteiger partial charge in [0.2, 0.25) is 0 Å². The molecule has 5 aromatic rings. The summed E-state index contributed by atoms with van der Waals surface area (Å²) in [5.74, 6) is 1.09. The maximum absolute atomic E-state index is 6.00. The van der Waals surface area contributed by atoms with Crippen LogP contribution in [0.2, 0.25) is 0 Å². The highest BCUT2D eigenvalue weighted by molar-refractivity contribution is 6.06. The number of anilines is 2. The maximum atomic E-state index is 6.00. The topological polar surface area (TPSA) is 38.3 Å². The zero-order valence-electron chi connectivity index (χ0n) is 14.7. The van der Waals surface area contributed by atoms with Gasteiger partial charge in [-0.15, -0.1) is 0 Å². The van der Waals surface area contributed by atoms with Gasteiger partial charge in [-0.2, -0.15) is 0 Å². The smallest absolute Gasteiger partial charge is 0.135 e. The number of aryl methyl sites for hydroxylation is 1. The van der Waals surface area contributed by atoms with E-state index in [4.69, 9.17) is 8.83 Å². The van der Waals surface area contributed by atoms with Crippen LogP contribution in [0.15, 0.2) is 75.6 Å². The van der Waals surface area contributed by atoms with E-state index in [1.54, 1.807) is 0 Å². The Labute approximate surface area is 155 Å². The molecule has 0 bridgehead atoms. The number of para-hydroxylation sites is 1. The van der Waals surface area contributed by atoms with Gasteiger partial charge in [0.1, 0.15) is 22.5 Å². The number of hydrogen-bond acceptors (Lipinski definition) is 3. The van der Waals surface area contributed by atoms with Crippen molar-refractivity contribution in [3.8, 4) is 0 Å². The number of fused-ring (bicyclic) bond motifs is 6. The number of furan rings is 2. The molecule has 130 valence electrons. The normalized spacial score (nSPS) is 13.5. The summed E-state index contributed by atoms with van der Waals surface area (Å²) >= 11 is 0. The molecule has 3 heteroatoms. The Hall–Kier alpha value is -3.46. The molecule has 0 amide bonds. The molecular weight excluding hydrogens is 334 g/mol. The number of hydrogen-bond donors (Lipinski definition) is 1. The van der Waals surface area contributed by atoms with Gasteiger partial charge in [0.25, 0.3) is 0 Å². The first-order chi connectivity index (χ1) is 13.3. The first-order valence-electron chi connectivity index (χ1n) is 9.25. The van der Waals surface area contributed by atoms with Crippen LogP contribution in [-0.2, 0) is 6.42 Å². The summed E-state index contributed by atoms with van der Waals surface area (Å²) < 4.78 is 11.9. The van der Waals surface area contributed by atoms with E-state index >= 15 is 0 Å². The van der Waals surface area contributed by atoms with Crippen LogP contribution >= 0.6 is 0 Å². The number of benzene rings is 3. The Bertz CT molecular complexity index is 1350. The molecule has 3 aromatic carbocycles. The lowest BCUT2D eigenvalue weighted by atomic mass is 10.0. The zero-order valence-corrected chi connectivity index (χ0v) is 14.7. The Morgan fingerprint density at radius 1 is 0.704 bits per heavy atom. The zero-order chi connectivity index (χ0) is 17.8. The summed E-state index contributed by atoms with van der Waals surface area (Å²) in [6.07, 6.45) is 6.43. The highest BCUT2D eigenvalue weighted by atomic mass is 16.3. The molecule has 3 nitrogen and oxygen atoms in total. The molecule has 2 heterocycles. The molecule has 1 aliphatic carbocycles. The minimum Gasteiger partial charge on any atom is -0.460 e. The first kappa shape index (κ1) is 14.7. The summed E-state index contributed by atoms with van der Waals surface area (Å²) in [5, 5.41) is 6.96. The van der Waals surface area contributed by atoms with Gasteiger partial charge in [-0.1, -0.05) is 30.4 Å². The van der Waals surface area contributed by atoms with Crippen molar-refractivity contribution in [2.24, 2.45) is 0 Å². The SMILES string of the molecule is C1=Cc2c(oc3ccc(Nc4ccc5oc6ccccc6c5c4)cc23)CC1. The van der Waals surface area contributed by atoms with Gasteiger partial charge in [0.15, 0.2) is 0 Å². The fourth-order valence-electron chi connectivity index (χ4n) is 4.00. The lowest BCUT2D eigenvalue weighted by molar-refractivity contribution is 0.546. The van der Waals surface area contributed by atoms with E-state index in [1.807, 2.05) is 24.3 Å². The van der Waals surface area contributed by atoms with Crippen LogP contribution in [0.5, 0.6) is 0 Å². The summed E-state index contributed by atoms with van der Waals surface area (Å²) in [7, 11) is 0. The van der Waals surface area contributed by atoms with E-state index in [9.17, 15) is 0 Å². The van der Waals surface area contributed by atoms with Crippen molar-refractivity contribution in [2.45, 2.75) is 12.8 Å². The minimum absolute atomic E-state index is 0.909. The fraction of sp³-hybridized carbons (Fsp3) is 0.0833. The van der Waals surface area contributed by atoms with Crippen molar-refractivity contribution >= 4 is 50.4 Å². The fourth-order valence-corrected chi connectivity index (χ4v) is 4.00. The molecule has 0 saturated heterocycles. The van der Waals surface area contributed by atoms with Crippen molar-refractivity contribution in [1.82, 2.24) is 0 Å². The average Bonchev–Trinajstić information content (AvgIpc) is 3.26. The molecule has 2 aromatic heterocycles. The molecule has 1 aliphatic rings. The van der Waals surface area contributed by atoms with Crippen LogP contribution in [0.25, 0.3) is 39.0 Å². The summed E-state index contributed by atoms with van der Waals surface area (Å²) in [6.45, 7) is 0. The van der Waals surface area contributed by atoms with Crippen LogP contribution in [0, 0.1) is 0 Å². The van der Waals surface area contributed by atoms with Gasteiger partial charge in [-0.3, -0.25) is 0 Å². The van der Waals surface area contributed by atoms with Crippen LogP contribution in [0.3, 0.4) is 0 Å². The maximum Gasteiger partial charge on any atom is 0.135 e. The van der Waals surface area contributed by atoms with Crippen molar-refractivity contribution < 1.29 is 8.83 Å². The van der Waals surface area contributed by atoms with Gasteiger partial charge in [0, 0.05) is 39.5 Å². The summed E-state index contributed by atoms with van der Waals surface area (Å²) in [4.78, 5) is 0. The molecule has 27 heavy (non-hydrogen) atoms. The number of nitrogens with one attached hydrogen (secondary N) is 1. The van der Waals surface area contributed by atoms with E-state index in [1.165, 1.54) is 10.9 Å². The molecule has 0 unspecified atom stereocenters. The largest absolute Gasteiger partial charge is 0.460 e. The van der Waals surface area contributed by atoms with Gasteiger partial charge >= 0.3 is 0 Å².